The molecule has 7 heteroatoms. The van der Waals surface area contributed by atoms with Gasteiger partial charge in [0.2, 0.25) is 15.9 Å². The summed E-state index contributed by atoms with van der Waals surface area (Å²) in [6.45, 7) is 4.01. The molecule has 0 saturated heterocycles. The molecular formula is C10H21N3O3S. The van der Waals surface area contributed by atoms with Gasteiger partial charge in [0.1, 0.15) is 0 Å². The van der Waals surface area contributed by atoms with Gasteiger partial charge in [-0.15, -0.1) is 0 Å². The van der Waals surface area contributed by atoms with Crippen LogP contribution in [0.25, 0.3) is 0 Å². The fourth-order valence-electron chi connectivity index (χ4n) is 1.44. The van der Waals surface area contributed by atoms with Crippen LogP contribution in [0.1, 0.15) is 26.7 Å². The molecule has 0 aromatic rings. The van der Waals surface area contributed by atoms with Gasteiger partial charge in [-0.05, 0) is 26.7 Å². The second kappa shape index (κ2) is 5.32. The predicted octanol–water partition coefficient (Wildman–Crippen LogP) is -0.818. The van der Waals surface area contributed by atoms with E-state index in [9.17, 15) is 13.2 Å². The number of hydrogen-bond donors (Lipinski definition) is 3. The number of carbonyl (C=O) groups excluding carboxylic acids is 1. The van der Waals surface area contributed by atoms with Gasteiger partial charge in [0.15, 0.2) is 0 Å². The van der Waals surface area contributed by atoms with Crippen LogP contribution in [0.15, 0.2) is 0 Å². The van der Waals surface area contributed by atoms with Gasteiger partial charge in [-0.2, -0.15) is 0 Å². The van der Waals surface area contributed by atoms with Crippen molar-refractivity contribution in [1.82, 2.24) is 15.4 Å². The standard InChI is InChI=1S/C10H21N3O3S/c1-10(2,13-17(3,15)16)7-12-9(14)6-11-8-4-5-8/h8,11,13H,4-7H2,1-3H3,(H,12,14). The van der Waals surface area contributed by atoms with Crippen LogP contribution in [-0.4, -0.2) is 45.3 Å². The molecule has 0 atom stereocenters. The molecule has 0 bridgehead atoms. The zero-order chi connectivity index (χ0) is 13.1. The van der Waals surface area contributed by atoms with Gasteiger partial charge in [-0.3, -0.25) is 4.79 Å². The highest BCUT2D eigenvalue weighted by Crippen LogP contribution is 2.17. The highest BCUT2D eigenvalue weighted by atomic mass is 32.2. The Labute approximate surface area is 103 Å². The number of hydrogen-bond acceptors (Lipinski definition) is 4. The van der Waals surface area contributed by atoms with Crippen molar-refractivity contribution in [1.29, 1.82) is 0 Å². The number of carbonyl (C=O) groups is 1. The third kappa shape index (κ3) is 7.30. The van der Waals surface area contributed by atoms with Crippen molar-refractivity contribution < 1.29 is 13.2 Å². The van der Waals surface area contributed by atoms with E-state index in [-0.39, 0.29) is 12.5 Å². The van der Waals surface area contributed by atoms with Gasteiger partial charge in [-0.25, -0.2) is 13.1 Å². The fraction of sp³-hybridized carbons (Fsp3) is 0.900. The van der Waals surface area contributed by atoms with Gasteiger partial charge in [-0.1, -0.05) is 0 Å². The molecule has 1 amide bonds. The van der Waals surface area contributed by atoms with Crippen LogP contribution in [0.2, 0.25) is 0 Å². The van der Waals surface area contributed by atoms with Gasteiger partial charge in [0.25, 0.3) is 0 Å². The van der Waals surface area contributed by atoms with Crippen molar-refractivity contribution in [2.45, 2.75) is 38.3 Å². The number of rotatable bonds is 7. The van der Waals surface area contributed by atoms with Crippen molar-refractivity contribution in [3.63, 3.8) is 0 Å². The maximum Gasteiger partial charge on any atom is 0.234 e. The molecule has 3 N–H and O–H groups in total. The normalized spacial score (nSPS) is 16.9. The smallest absolute Gasteiger partial charge is 0.234 e. The summed E-state index contributed by atoms with van der Waals surface area (Å²) in [5, 5.41) is 5.79. The molecule has 17 heavy (non-hydrogen) atoms. The summed E-state index contributed by atoms with van der Waals surface area (Å²) in [6.07, 6.45) is 3.37. The molecule has 1 aliphatic rings. The molecule has 0 radical (unpaired) electrons. The average molecular weight is 263 g/mol. The van der Waals surface area contributed by atoms with E-state index in [1.807, 2.05) is 0 Å². The molecule has 1 fully saturated rings. The first kappa shape index (κ1) is 14.4. The molecule has 100 valence electrons. The summed E-state index contributed by atoms with van der Waals surface area (Å²) in [6, 6.07) is 0.489. The predicted molar refractivity (Wildman–Crippen MR) is 66.1 cm³/mol. The number of amides is 1. The Bertz CT molecular complexity index is 374. The van der Waals surface area contributed by atoms with Gasteiger partial charge in [0, 0.05) is 18.1 Å². The topological polar surface area (TPSA) is 87.3 Å². The largest absolute Gasteiger partial charge is 0.353 e. The van der Waals surface area contributed by atoms with Crippen LogP contribution >= 0.6 is 0 Å². The zero-order valence-electron chi connectivity index (χ0n) is 10.5. The molecule has 0 heterocycles. The molecule has 6 nitrogen and oxygen atoms in total. The Kier molecular flexibility index (Phi) is 4.51. The van der Waals surface area contributed by atoms with Crippen molar-refractivity contribution in [3.8, 4) is 0 Å². The Morgan fingerprint density at radius 1 is 1.35 bits per heavy atom. The van der Waals surface area contributed by atoms with E-state index in [1.165, 1.54) is 0 Å². The lowest BCUT2D eigenvalue weighted by Gasteiger charge is -2.25. The minimum atomic E-state index is -3.26. The molecule has 0 aliphatic heterocycles. The van der Waals surface area contributed by atoms with E-state index < -0.39 is 15.6 Å². The lowest BCUT2D eigenvalue weighted by atomic mass is 10.1. The van der Waals surface area contributed by atoms with Crippen molar-refractivity contribution in [3.05, 3.63) is 0 Å². The van der Waals surface area contributed by atoms with Crippen LogP contribution in [0.5, 0.6) is 0 Å². The Morgan fingerprint density at radius 2 is 1.94 bits per heavy atom. The van der Waals surface area contributed by atoms with E-state index in [4.69, 9.17) is 0 Å². The molecule has 1 saturated carbocycles. The van der Waals surface area contributed by atoms with E-state index >= 15 is 0 Å². The Morgan fingerprint density at radius 3 is 2.41 bits per heavy atom. The highest BCUT2D eigenvalue weighted by Gasteiger charge is 2.24. The summed E-state index contributed by atoms with van der Waals surface area (Å²) in [5.74, 6) is -0.111. The quantitative estimate of drug-likeness (QED) is 0.560. The lowest BCUT2D eigenvalue weighted by molar-refractivity contribution is -0.120. The Hall–Kier alpha value is -0.660. The van der Waals surface area contributed by atoms with Crippen LogP contribution in [0.3, 0.4) is 0 Å². The van der Waals surface area contributed by atoms with E-state index in [0.29, 0.717) is 12.6 Å². The SMILES string of the molecule is CC(C)(CNC(=O)CNC1CC1)NS(C)(=O)=O. The van der Waals surface area contributed by atoms with Gasteiger partial charge in [0.05, 0.1) is 12.8 Å². The minimum absolute atomic E-state index is 0.111. The van der Waals surface area contributed by atoms with Crippen LogP contribution in [0.4, 0.5) is 0 Å². The summed E-state index contributed by atoms with van der Waals surface area (Å²) in [4.78, 5) is 11.4. The monoisotopic (exact) mass is 263 g/mol. The summed E-state index contributed by atoms with van der Waals surface area (Å²) in [5.41, 5.74) is -0.678. The van der Waals surface area contributed by atoms with Crippen LogP contribution in [-0.2, 0) is 14.8 Å². The maximum atomic E-state index is 11.4. The second-order valence-electron chi connectivity index (χ2n) is 5.19. The molecule has 0 unspecified atom stereocenters. The van der Waals surface area contributed by atoms with Crippen molar-refractivity contribution >= 4 is 15.9 Å². The summed E-state index contributed by atoms with van der Waals surface area (Å²) >= 11 is 0. The van der Waals surface area contributed by atoms with Gasteiger partial charge < -0.3 is 10.6 Å². The van der Waals surface area contributed by atoms with E-state index in [1.54, 1.807) is 13.8 Å². The maximum absolute atomic E-state index is 11.4. The lowest BCUT2D eigenvalue weighted by Crippen LogP contribution is -2.52. The molecule has 1 rings (SSSR count). The van der Waals surface area contributed by atoms with E-state index in [2.05, 4.69) is 15.4 Å². The third-order valence-corrected chi connectivity index (χ3v) is 3.24. The average Bonchev–Trinajstić information content (AvgIpc) is 2.91. The molecule has 0 aromatic carbocycles. The third-order valence-electron chi connectivity index (χ3n) is 2.32. The van der Waals surface area contributed by atoms with E-state index in [0.717, 1.165) is 19.1 Å². The summed E-state index contributed by atoms with van der Waals surface area (Å²) in [7, 11) is -3.26. The molecule has 0 aromatic heterocycles. The molecular weight excluding hydrogens is 242 g/mol. The fourth-order valence-corrected chi connectivity index (χ4v) is 2.52. The summed E-state index contributed by atoms with van der Waals surface area (Å²) < 4.78 is 24.6. The van der Waals surface area contributed by atoms with Crippen molar-refractivity contribution in [2.24, 2.45) is 0 Å². The first-order valence-electron chi connectivity index (χ1n) is 5.67. The molecule has 1 aliphatic carbocycles. The second-order valence-corrected chi connectivity index (χ2v) is 6.94. The molecule has 0 spiro atoms. The van der Waals surface area contributed by atoms with Crippen molar-refractivity contribution in [2.75, 3.05) is 19.3 Å². The van der Waals surface area contributed by atoms with Crippen LogP contribution < -0.4 is 15.4 Å². The van der Waals surface area contributed by atoms with Gasteiger partial charge >= 0.3 is 0 Å². The highest BCUT2D eigenvalue weighted by molar-refractivity contribution is 7.88. The minimum Gasteiger partial charge on any atom is -0.353 e. The number of nitrogens with one attached hydrogen (secondary N) is 3. The zero-order valence-corrected chi connectivity index (χ0v) is 11.4. The first-order valence-corrected chi connectivity index (χ1v) is 7.56. The first-order chi connectivity index (χ1) is 7.68. The van der Waals surface area contributed by atoms with Crippen LogP contribution in [0, 0.1) is 0 Å². The Balaban J connectivity index is 2.24. The number of sulfonamides is 1.